The van der Waals surface area contributed by atoms with E-state index >= 15 is 0 Å². The molecular weight excluding hydrogens is 276 g/mol. The van der Waals surface area contributed by atoms with Gasteiger partial charge in [-0.1, -0.05) is 0 Å². The van der Waals surface area contributed by atoms with Gasteiger partial charge in [0.25, 0.3) is 5.91 Å². The molecule has 0 saturated carbocycles. The number of nitrogens with one attached hydrogen (secondary N) is 2. The molecule has 1 fully saturated rings. The van der Waals surface area contributed by atoms with Gasteiger partial charge < -0.3 is 15.4 Å². The molecular formula is C14H16N2O3S. The number of ether oxygens (including phenoxy) is 1. The second kappa shape index (κ2) is 5.85. The Morgan fingerprint density at radius 3 is 3.20 bits per heavy atom. The summed E-state index contributed by atoms with van der Waals surface area (Å²) >= 11 is 1.49. The number of carbonyl (C=O) groups excluding carboxylic acids is 2. The average Bonchev–Trinajstić information content (AvgIpc) is 2.97. The van der Waals surface area contributed by atoms with Gasteiger partial charge in [0.15, 0.2) is 0 Å². The lowest BCUT2D eigenvalue weighted by Gasteiger charge is -2.17. The SMILES string of the molecule is O=C1CSc2ccc(C(=O)NC[C@@H]3CCOC3)cc2N1. The third-order valence-corrected chi connectivity index (χ3v) is 4.52. The van der Waals surface area contributed by atoms with Crippen LogP contribution < -0.4 is 10.6 Å². The highest BCUT2D eigenvalue weighted by atomic mass is 32.2. The molecule has 2 heterocycles. The molecule has 0 spiro atoms. The van der Waals surface area contributed by atoms with Gasteiger partial charge in [0.05, 0.1) is 18.0 Å². The van der Waals surface area contributed by atoms with Crippen LogP contribution in [0.3, 0.4) is 0 Å². The van der Waals surface area contributed by atoms with Gasteiger partial charge in [-0.15, -0.1) is 11.8 Å². The van der Waals surface area contributed by atoms with E-state index in [1.165, 1.54) is 11.8 Å². The Labute approximate surface area is 121 Å². The van der Waals surface area contributed by atoms with E-state index in [2.05, 4.69) is 10.6 Å². The number of fused-ring (bicyclic) bond motifs is 1. The van der Waals surface area contributed by atoms with E-state index in [1.807, 2.05) is 6.07 Å². The van der Waals surface area contributed by atoms with Gasteiger partial charge in [0.1, 0.15) is 0 Å². The maximum absolute atomic E-state index is 12.1. The fourth-order valence-corrected chi connectivity index (χ4v) is 3.10. The average molecular weight is 292 g/mol. The molecule has 0 bridgehead atoms. The molecule has 0 unspecified atom stereocenters. The first kappa shape index (κ1) is 13.5. The summed E-state index contributed by atoms with van der Waals surface area (Å²) in [6.45, 7) is 2.14. The molecule has 1 atom stereocenters. The monoisotopic (exact) mass is 292 g/mol. The number of benzene rings is 1. The second-order valence-electron chi connectivity index (χ2n) is 4.99. The Hall–Kier alpha value is -1.53. The van der Waals surface area contributed by atoms with Crippen LogP contribution in [0, 0.1) is 5.92 Å². The Balaban J connectivity index is 1.65. The summed E-state index contributed by atoms with van der Waals surface area (Å²) < 4.78 is 5.28. The molecule has 1 aromatic rings. The van der Waals surface area contributed by atoms with Crippen LogP contribution in [0.15, 0.2) is 23.1 Å². The number of thioether (sulfide) groups is 1. The second-order valence-corrected chi connectivity index (χ2v) is 6.00. The Morgan fingerprint density at radius 2 is 2.40 bits per heavy atom. The van der Waals surface area contributed by atoms with Crippen LogP contribution in [0.2, 0.25) is 0 Å². The topological polar surface area (TPSA) is 67.4 Å². The lowest BCUT2D eigenvalue weighted by atomic mass is 10.1. The number of carbonyl (C=O) groups is 2. The number of anilines is 1. The first-order valence-corrected chi connectivity index (χ1v) is 7.63. The normalized spacial score (nSPS) is 21.2. The van der Waals surface area contributed by atoms with Gasteiger partial charge in [-0.2, -0.15) is 0 Å². The van der Waals surface area contributed by atoms with Gasteiger partial charge >= 0.3 is 0 Å². The number of amides is 2. The van der Waals surface area contributed by atoms with Crippen molar-refractivity contribution in [2.45, 2.75) is 11.3 Å². The smallest absolute Gasteiger partial charge is 0.251 e. The van der Waals surface area contributed by atoms with Gasteiger partial charge in [-0.3, -0.25) is 9.59 Å². The van der Waals surface area contributed by atoms with Crippen molar-refractivity contribution in [3.63, 3.8) is 0 Å². The van der Waals surface area contributed by atoms with Gasteiger partial charge in [-0.05, 0) is 24.6 Å². The number of hydrogen-bond donors (Lipinski definition) is 2. The Morgan fingerprint density at radius 1 is 1.50 bits per heavy atom. The minimum absolute atomic E-state index is 0.0248. The molecule has 0 aliphatic carbocycles. The molecule has 2 aliphatic rings. The van der Waals surface area contributed by atoms with Crippen molar-refractivity contribution in [3.8, 4) is 0 Å². The highest BCUT2D eigenvalue weighted by Crippen LogP contribution is 2.31. The quantitative estimate of drug-likeness (QED) is 0.886. The lowest BCUT2D eigenvalue weighted by molar-refractivity contribution is -0.113. The van der Waals surface area contributed by atoms with Crippen molar-refractivity contribution in [3.05, 3.63) is 23.8 Å². The van der Waals surface area contributed by atoms with Crippen molar-refractivity contribution in [2.75, 3.05) is 30.8 Å². The molecule has 106 valence electrons. The number of rotatable bonds is 3. The highest BCUT2D eigenvalue weighted by Gasteiger charge is 2.19. The summed E-state index contributed by atoms with van der Waals surface area (Å²) in [6, 6.07) is 5.41. The molecule has 20 heavy (non-hydrogen) atoms. The molecule has 1 saturated heterocycles. The summed E-state index contributed by atoms with van der Waals surface area (Å²) in [6.07, 6.45) is 0.997. The van der Waals surface area contributed by atoms with E-state index in [1.54, 1.807) is 12.1 Å². The molecule has 0 aromatic heterocycles. The molecule has 2 amide bonds. The van der Waals surface area contributed by atoms with Crippen LogP contribution >= 0.6 is 11.8 Å². The maximum Gasteiger partial charge on any atom is 0.251 e. The van der Waals surface area contributed by atoms with E-state index in [0.717, 1.165) is 30.2 Å². The summed E-state index contributed by atoms with van der Waals surface area (Å²) in [5.74, 6) is 0.708. The van der Waals surface area contributed by atoms with Crippen LogP contribution in [0.4, 0.5) is 5.69 Å². The predicted octanol–water partition coefficient (Wildman–Crippen LogP) is 1.50. The molecule has 5 nitrogen and oxygen atoms in total. The minimum atomic E-state index is -0.107. The lowest BCUT2D eigenvalue weighted by Crippen LogP contribution is -2.29. The van der Waals surface area contributed by atoms with Gasteiger partial charge in [-0.25, -0.2) is 0 Å². The van der Waals surface area contributed by atoms with Crippen LogP contribution in [0.5, 0.6) is 0 Å². The maximum atomic E-state index is 12.1. The minimum Gasteiger partial charge on any atom is -0.381 e. The van der Waals surface area contributed by atoms with E-state index in [-0.39, 0.29) is 11.8 Å². The largest absolute Gasteiger partial charge is 0.381 e. The fraction of sp³-hybridized carbons (Fsp3) is 0.429. The zero-order valence-electron chi connectivity index (χ0n) is 11.0. The third-order valence-electron chi connectivity index (χ3n) is 3.45. The summed E-state index contributed by atoms with van der Waals surface area (Å²) in [7, 11) is 0. The van der Waals surface area contributed by atoms with Gasteiger partial charge in [0, 0.05) is 29.5 Å². The first-order valence-electron chi connectivity index (χ1n) is 6.65. The predicted molar refractivity (Wildman–Crippen MR) is 77.1 cm³/mol. The highest BCUT2D eigenvalue weighted by molar-refractivity contribution is 8.00. The molecule has 2 aliphatic heterocycles. The van der Waals surface area contributed by atoms with Crippen molar-refractivity contribution < 1.29 is 14.3 Å². The summed E-state index contributed by atoms with van der Waals surface area (Å²) in [5.41, 5.74) is 1.30. The summed E-state index contributed by atoms with van der Waals surface area (Å²) in [4.78, 5) is 24.5. The van der Waals surface area contributed by atoms with Crippen molar-refractivity contribution in [1.29, 1.82) is 0 Å². The molecule has 1 aromatic carbocycles. The standard InChI is InChI=1S/C14H16N2O3S/c17-13-8-20-12-2-1-10(5-11(12)16-13)14(18)15-6-9-3-4-19-7-9/h1-2,5,9H,3-4,6-8H2,(H,15,18)(H,16,17)/t9-/m0/s1. The first-order chi connectivity index (χ1) is 9.72. The van der Waals surface area contributed by atoms with Gasteiger partial charge in [0.2, 0.25) is 5.91 Å². The molecule has 0 radical (unpaired) electrons. The third kappa shape index (κ3) is 2.96. The van der Waals surface area contributed by atoms with Crippen molar-refractivity contribution in [1.82, 2.24) is 5.32 Å². The van der Waals surface area contributed by atoms with E-state index in [0.29, 0.717) is 23.8 Å². The number of hydrogen-bond acceptors (Lipinski definition) is 4. The van der Waals surface area contributed by atoms with Crippen LogP contribution in [-0.2, 0) is 9.53 Å². The van der Waals surface area contributed by atoms with E-state index in [4.69, 9.17) is 4.74 Å². The molecule has 2 N–H and O–H groups in total. The fourth-order valence-electron chi connectivity index (χ4n) is 2.31. The van der Waals surface area contributed by atoms with Crippen LogP contribution in [-0.4, -0.2) is 37.3 Å². The molecule has 3 rings (SSSR count). The van der Waals surface area contributed by atoms with E-state index < -0.39 is 0 Å². The van der Waals surface area contributed by atoms with E-state index in [9.17, 15) is 9.59 Å². The zero-order chi connectivity index (χ0) is 13.9. The Kier molecular flexibility index (Phi) is 3.93. The van der Waals surface area contributed by atoms with Crippen LogP contribution in [0.25, 0.3) is 0 Å². The molecule has 6 heteroatoms. The summed E-state index contributed by atoms with van der Waals surface area (Å²) in [5, 5.41) is 5.71. The van der Waals surface area contributed by atoms with Crippen molar-refractivity contribution in [2.24, 2.45) is 5.92 Å². The Bertz CT molecular complexity index is 541. The zero-order valence-corrected chi connectivity index (χ0v) is 11.8. The van der Waals surface area contributed by atoms with Crippen molar-refractivity contribution >= 4 is 29.3 Å². The van der Waals surface area contributed by atoms with Crippen LogP contribution in [0.1, 0.15) is 16.8 Å².